The third-order valence-corrected chi connectivity index (χ3v) is 2.51. The fourth-order valence-corrected chi connectivity index (χ4v) is 1.22. The van der Waals surface area contributed by atoms with E-state index < -0.39 is 0 Å². The van der Waals surface area contributed by atoms with E-state index in [0.29, 0.717) is 5.92 Å². The second-order valence-corrected chi connectivity index (χ2v) is 4.17. The Labute approximate surface area is 81.0 Å². The minimum atomic E-state index is 0.381. The molecule has 13 heavy (non-hydrogen) atoms. The van der Waals surface area contributed by atoms with Crippen LogP contribution in [0.4, 0.5) is 0 Å². The summed E-state index contributed by atoms with van der Waals surface area (Å²) in [5, 5.41) is 0. The van der Waals surface area contributed by atoms with Crippen molar-refractivity contribution in [3.05, 3.63) is 0 Å². The van der Waals surface area contributed by atoms with Crippen LogP contribution in [0.3, 0.4) is 0 Å². The number of rotatable bonds is 5. The molecule has 0 heterocycles. The summed E-state index contributed by atoms with van der Waals surface area (Å²) < 4.78 is 0. The topological polar surface area (TPSA) is 41.6 Å². The van der Waals surface area contributed by atoms with Crippen LogP contribution in [-0.2, 0) is 0 Å². The van der Waals surface area contributed by atoms with Gasteiger partial charge in [-0.25, -0.2) is 0 Å². The molecular formula is C10H21N3. The van der Waals surface area contributed by atoms with Gasteiger partial charge in [-0.3, -0.25) is 4.99 Å². The first kappa shape index (κ1) is 10.5. The maximum atomic E-state index is 5.73. The van der Waals surface area contributed by atoms with Crippen LogP contribution < -0.4 is 5.73 Å². The first-order chi connectivity index (χ1) is 6.11. The molecule has 0 aromatic rings. The van der Waals surface area contributed by atoms with Crippen molar-refractivity contribution >= 4 is 5.84 Å². The van der Waals surface area contributed by atoms with E-state index in [2.05, 4.69) is 30.8 Å². The van der Waals surface area contributed by atoms with Crippen molar-refractivity contribution in [2.75, 3.05) is 20.1 Å². The number of hydrogen-bond donors (Lipinski definition) is 1. The molecule has 0 radical (unpaired) electrons. The van der Waals surface area contributed by atoms with Gasteiger partial charge < -0.3 is 10.6 Å². The van der Waals surface area contributed by atoms with E-state index in [4.69, 9.17) is 5.73 Å². The maximum Gasteiger partial charge on any atom is 0.0963 e. The van der Waals surface area contributed by atoms with Crippen molar-refractivity contribution < 1.29 is 0 Å². The molecule has 0 bridgehead atoms. The molecule has 2 N–H and O–H groups in total. The van der Waals surface area contributed by atoms with Crippen LogP contribution in [0.5, 0.6) is 0 Å². The molecule has 0 aromatic carbocycles. The highest BCUT2D eigenvalue weighted by Gasteiger charge is 2.25. The van der Waals surface area contributed by atoms with Gasteiger partial charge in [-0.1, -0.05) is 13.8 Å². The van der Waals surface area contributed by atoms with Crippen LogP contribution in [0.1, 0.15) is 26.7 Å². The van der Waals surface area contributed by atoms with E-state index in [9.17, 15) is 0 Å². The van der Waals surface area contributed by atoms with E-state index in [1.165, 1.54) is 12.8 Å². The van der Waals surface area contributed by atoms with Crippen molar-refractivity contribution in [1.29, 1.82) is 0 Å². The molecule has 0 atom stereocenters. The number of hydrogen-bond acceptors (Lipinski definition) is 2. The van der Waals surface area contributed by atoms with Crippen molar-refractivity contribution in [3.8, 4) is 0 Å². The third-order valence-electron chi connectivity index (χ3n) is 2.51. The van der Waals surface area contributed by atoms with Crippen LogP contribution in [0.2, 0.25) is 0 Å². The standard InChI is InChI=1S/C10H21N3/c1-8(2)10(11)12-6-7-13(3)9-4-5-9/h8-9H,4-7H2,1-3H3,(H2,11,12). The maximum absolute atomic E-state index is 5.73. The van der Waals surface area contributed by atoms with Crippen molar-refractivity contribution in [3.63, 3.8) is 0 Å². The van der Waals surface area contributed by atoms with Crippen molar-refractivity contribution in [2.45, 2.75) is 32.7 Å². The summed E-state index contributed by atoms with van der Waals surface area (Å²) >= 11 is 0. The molecule has 3 heteroatoms. The molecular weight excluding hydrogens is 162 g/mol. The Hall–Kier alpha value is -0.570. The zero-order valence-electron chi connectivity index (χ0n) is 8.95. The predicted octanol–water partition coefficient (Wildman–Crippen LogP) is 1.09. The smallest absolute Gasteiger partial charge is 0.0963 e. The van der Waals surface area contributed by atoms with Gasteiger partial charge in [0.2, 0.25) is 0 Å². The zero-order chi connectivity index (χ0) is 9.84. The summed E-state index contributed by atoms with van der Waals surface area (Å²) in [5.74, 6) is 1.16. The van der Waals surface area contributed by atoms with Gasteiger partial charge in [-0.05, 0) is 19.9 Å². The van der Waals surface area contributed by atoms with Gasteiger partial charge in [0, 0.05) is 18.5 Å². The van der Waals surface area contributed by atoms with E-state index in [-0.39, 0.29) is 0 Å². The summed E-state index contributed by atoms with van der Waals surface area (Å²) in [5.41, 5.74) is 5.73. The van der Waals surface area contributed by atoms with E-state index in [1.54, 1.807) is 0 Å². The van der Waals surface area contributed by atoms with Crippen LogP contribution in [0.15, 0.2) is 4.99 Å². The summed E-state index contributed by atoms with van der Waals surface area (Å²) in [6, 6.07) is 0.829. The Balaban J connectivity index is 2.14. The quantitative estimate of drug-likeness (QED) is 0.512. The SMILES string of the molecule is CC(C)C(N)=NCCN(C)C1CC1. The average molecular weight is 183 g/mol. The van der Waals surface area contributed by atoms with Gasteiger partial charge in [0.1, 0.15) is 0 Å². The molecule has 0 saturated heterocycles. The molecule has 0 aliphatic heterocycles. The monoisotopic (exact) mass is 183 g/mol. The molecule has 1 saturated carbocycles. The van der Waals surface area contributed by atoms with Crippen LogP contribution in [0.25, 0.3) is 0 Å². The van der Waals surface area contributed by atoms with Gasteiger partial charge in [0.15, 0.2) is 0 Å². The summed E-state index contributed by atoms with van der Waals surface area (Å²) in [6.07, 6.45) is 2.72. The van der Waals surface area contributed by atoms with E-state index in [0.717, 1.165) is 25.0 Å². The second-order valence-electron chi connectivity index (χ2n) is 4.17. The van der Waals surface area contributed by atoms with Gasteiger partial charge >= 0.3 is 0 Å². The first-order valence-corrected chi connectivity index (χ1v) is 5.11. The highest BCUT2D eigenvalue weighted by molar-refractivity contribution is 5.82. The molecule has 0 amide bonds. The molecule has 1 aliphatic rings. The highest BCUT2D eigenvalue weighted by atomic mass is 15.2. The molecule has 3 nitrogen and oxygen atoms in total. The number of nitrogens with zero attached hydrogens (tertiary/aromatic N) is 2. The Morgan fingerprint density at radius 2 is 2.15 bits per heavy atom. The lowest BCUT2D eigenvalue weighted by molar-refractivity contribution is 0.334. The van der Waals surface area contributed by atoms with Crippen LogP contribution in [0, 0.1) is 5.92 Å². The highest BCUT2D eigenvalue weighted by Crippen LogP contribution is 2.24. The average Bonchev–Trinajstić information content (AvgIpc) is 2.85. The molecule has 1 fully saturated rings. The van der Waals surface area contributed by atoms with Crippen LogP contribution in [-0.4, -0.2) is 36.9 Å². The molecule has 0 aromatic heterocycles. The Morgan fingerprint density at radius 3 is 2.62 bits per heavy atom. The number of nitrogens with two attached hydrogens (primary N) is 1. The minimum Gasteiger partial charge on any atom is -0.387 e. The lowest BCUT2D eigenvalue weighted by atomic mass is 10.2. The van der Waals surface area contributed by atoms with E-state index in [1.807, 2.05) is 0 Å². The van der Waals surface area contributed by atoms with E-state index >= 15 is 0 Å². The van der Waals surface area contributed by atoms with Crippen molar-refractivity contribution in [2.24, 2.45) is 16.6 Å². The molecule has 76 valence electrons. The lowest BCUT2D eigenvalue weighted by Crippen LogP contribution is -2.26. The third kappa shape index (κ3) is 3.77. The number of likely N-dealkylation sites (N-methyl/N-ethyl adjacent to an activating group) is 1. The molecule has 1 aliphatic carbocycles. The van der Waals surface area contributed by atoms with Gasteiger partial charge in [-0.2, -0.15) is 0 Å². The summed E-state index contributed by atoms with van der Waals surface area (Å²) in [4.78, 5) is 6.70. The van der Waals surface area contributed by atoms with Gasteiger partial charge in [0.05, 0.1) is 12.4 Å². The number of aliphatic imine (C=N–C) groups is 1. The first-order valence-electron chi connectivity index (χ1n) is 5.11. The molecule has 1 rings (SSSR count). The zero-order valence-corrected chi connectivity index (χ0v) is 8.95. The summed E-state index contributed by atoms with van der Waals surface area (Å²) in [6.45, 7) is 6.03. The van der Waals surface area contributed by atoms with Crippen molar-refractivity contribution in [1.82, 2.24) is 4.90 Å². The molecule has 0 unspecified atom stereocenters. The fraction of sp³-hybridized carbons (Fsp3) is 0.900. The Morgan fingerprint density at radius 1 is 1.54 bits per heavy atom. The molecule has 0 spiro atoms. The van der Waals surface area contributed by atoms with Gasteiger partial charge in [0.25, 0.3) is 0 Å². The Bertz CT molecular complexity index is 183. The fourth-order valence-electron chi connectivity index (χ4n) is 1.22. The summed E-state index contributed by atoms with van der Waals surface area (Å²) in [7, 11) is 2.17. The normalized spacial score (nSPS) is 18.7. The Kier molecular flexibility index (Phi) is 3.72. The lowest BCUT2D eigenvalue weighted by Gasteiger charge is -2.13. The van der Waals surface area contributed by atoms with Gasteiger partial charge in [-0.15, -0.1) is 0 Å². The number of amidine groups is 1. The van der Waals surface area contributed by atoms with Crippen LogP contribution >= 0.6 is 0 Å². The largest absolute Gasteiger partial charge is 0.387 e. The minimum absolute atomic E-state index is 0.381. The predicted molar refractivity (Wildman–Crippen MR) is 57.0 cm³/mol. The second kappa shape index (κ2) is 4.61.